The molecular weight excluding hydrogens is 278 g/mol. The molecule has 1 atom stereocenters. The molecule has 1 aliphatic rings. The second-order valence-corrected chi connectivity index (χ2v) is 5.38. The van der Waals surface area contributed by atoms with Crippen LogP contribution in [0.25, 0.3) is 0 Å². The second-order valence-electron chi connectivity index (χ2n) is 5.38. The van der Waals surface area contributed by atoms with Crippen LogP contribution in [0, 0.1) is 0 Å². The van der Waals surface area contributed by atoms with Crippen molar-refractivity contribution < 1.29 is 24.2 Å². The number of carboxylic acid groups (broad SMARTS) is 1. The maximum atomic E-state index is 12.5. The highest BCUT2D eigenvalue weighted by Crippen LogP contribution is 2.18. The van der Waals surface area contributed by atoms with Crippen LogP contribution in [0.2, 0.25) is 0 Å². The second kappa shape index (κ2) is 6.75. The number of morpholine rings is 1. The van der Waals surface area contributed by atoms with Crippen LogP contribution < -0.4 is 5.32 Å². The summed E-state index contributed by atoms with van der Waals surface area (Å²) in [7, 11) is 1.42. The van der Waals surface area contributed by atoms with Crippen molar-refractivity contribution >= 4 is 17.9 Å². The summed E-state index contributed by atoms with van der Waals surface area (Å²) in [6.07, 6.45) is 0. The van der Waals surface area contributed by atoms with Crippen molar-refractivity contribution in [2.24, 2.45) is 0 Å². The van der Waals surface area contributed by atoms with Crippen LogP contribution in [0.4, 0.5) is 4.79 Å². The van der Waals surface area contributed by atoms with Gasteiger partial charge in [-0.3, -0.25) is 4.79 Å². The summed E-state index contributed by atoms with van der Waals surface area (Å²) in [6, 6.07) is -1.24. The Morgan fingerprint density at radius 1 is 1.43 bits per heavy atom. The highest BCUT2D eigenvalue weighted by molar-refractivity contribution is 5.90. The number of carbonyl (C=O) groups is 3. The molecule has 0 radical (unpaired) electrons. The van der Waals surface area contributed by atoms with E-state index in [0.717, 1.165) is 4.90 Å². The summed E-state index contributed by atoms with van der Waals surface area (Å²) in [4.78, 5) is 38.3. The number of rotatable bonds is 4. The van der Waals surface area contributed by atoms with E-state index in [2.05, 4.69) is 5.32 Å². The van der Waals surface area contributed by atoms with Crippen molar-refractivity contribution in [1.29, 1.82) is 0 Å². The maximum absolute atomic E-state index is 12.5. The molecule has 0 spiro atoms. The molecule has 1 rings (SSSR count). The third-order valence-electron chi connectivity index (χ3n) is 3.68. The predicted octanol–water partition coefficient (Wildman–Crippen LogP) is -0.262. The van der Waals surface area contributed by atoms with Gasteiger partial charge in [0.2, 0.25) is 5.91 Å². The number of amides is 3. The molecule has 1 fully saturated rings. The fraction of sp³-hybridized carbons (Fsp3) is 0.769. The van der Waals surface area contributed by atoms with E-state index >= 15 is 0 Å². The largest absolute Gasteiger partial charge is 0.480 e. The van der Waals surface area contributed by atoms with Gasteiger partial charge in [-0.25, -0.2) is 9.59 Å². The molecule has 1 unspecified atom stereocenters. The summed E-state index contributed by atoms with van der Waals surface area (Å²) in [5.74, 6) is -1.41. The van der Waals surface area contributed by atoms with Gasteiger partial charge in [0.1, 0.15) is 11.6 Å². The third kappa shape index (κ3) is 3.63. The van der Waals surface area contributed by atoms with Gasteiger partial charge < -0.3 is 25.0 Å². The van der Waals surface area contributed by atoms with Crippen LogP contribution in [-0.2, 0) is 14.3 Å². The molecule has 1 aliphatic heterocycles. The van der Waals surface area contributed by atoms with Crippen LogP contribution in [0.15, 0.2) is 0 Å². The van der Waals surface area contributed by atoms with Gasteiger partial charge in [0.05, 0.1) is 13.2 Å². The van der Waals surface area contributed by atoms with Crippen LogP contribution in [0.3, 0.4) is 0 Å². The lowest BCUT2D eigenvalue weighted by Gasteiger charge is -2.40. The van der Waals surface area contributed by atoms with E-state index in [1.54, 1.807) is 6.92 Å². The van der Waals surface area contributed by atoms with Gasteiger partial charge in [-0.05, 0) is 20.8 Å². The number of nitrogens with one attached hydrogen (secondary N) is 1. The molecule has 0 saturated carbocycles. The summed E-state index contributed by atoms with van der Waals surface area (Å²) >= 11 is 0. The molecular formula is C13H23N3O5. The normalized spacial score (nSPS) is 19.0. The fourth-order valence-electron chi connectivity index (χ4n) is 1.92. The molecule has 8 nitrogen and oxygen atoms in total. The minimum atomic E-state index is -1.36. The van der Waals surface area contributed by atoms with E-state index in [1.807, 2.05) is 0 Å². The van der Waals surface area contributed by atoms with E-state index in [9.17, 15) is 19.5 Å². The zero-order chi connectivity index (χ0) is 16.2. The minimum Gasteiger partial charge on any atom is -0.480 e. The Morgan fingerprint density at radius 2 is 2.05 bits per heavy atom. The first-order valence-electron chi connectivity index (χ1n) is 6.86. The number of likely N-dealkylation sites (N-methyl/N-ethyl adjacent to an activating group) is 2. The monoisotopic (exact) mass is 301 g/mol. The molecule has 0 aromatic rings. The lowest BCUT2D eigenvalue weighted by molar-refractivity contribution is -0.147. The van der Waals surface area contributed by atoms with Gasteiger partial charge in [-0.2, -0.15) is 0 Å². The van der Waals surface area contributed by atoms with Gasteiger partial charge >= 0.3 is 12.0 Å². The van der Waals surface area contributed by atoms with Crippen molar-refractivity contribution in [3.63, 3.8) is 0 Å². The summed E-state index contributed by atoms with van der Waals surface area (Å²) in [5, 5.41) is 11.9. The number of ether oxygens (including phenoxy) is 1. The number of urea groups is 1. The number of aliphatic carboxylic acids is 1. The third-order valence-corrected chi connectivity index (χ3v) is 3.68. The van der Waals surface area contributed by atoms with Gasteiger partial charge in [-0.1, -0.05) is 0 Å². The Bertz CT molecular complexity index is 424. The average molecular weight is 301 g/mol. The Labute approximate surface area is 124 Å². The van der Waals surface area contributed by atoms with E-state index in [0.29, 0.717) is 13.2 Å². The average Bonchev–Trinajstić information content (AvgIpc) is 2.45. The highest BCUT2D eigenvalue weighted by Gasteiger charge is 2.41. The lowest BCUT2D eigenvalue weighted by atomic mass is 10.0. The molecule has 120 valence electrons. The number of carbonyl (C=O) groups excluding carboxylic acids is 2. The van der Waals surface area contributed by atoms with Crippen molar-refractivity contribution in [2.45, 2.75) is 32.4 Å². The first kappa shape index (κ1) is 17.2. The molecule has 1 saturated heterocycles. The van der Waals surface area contributed by atoms with Crippen LogP contribution in [0.5, 0.6) is 0 Å². The zero-order valence-corrected chi connectivity index (χ0v) is 12.9. The molecule has 8 heteroatoms. The number of nitrogens with zero attached hydrogens (tertiary/aromatic N) is 2. The van der Waals surface area contributed by atoms with Gasteiger partial charge in [-0.15, -0.1) is 0 Å². The Hall–Kier alpha value is -1.83. The van der Waals surface area contributed by atoms with E-state index in [-0.39, 0.29) is 19.1 Å². The van der Waals surface area contributed by atoms with Crippen LogP contribution >= 0.6 is 0 Å². The fourth-order valence-corrected chi connectivity index (χ4v) is 1.92. The summed E-state index contributed by atoms with van der Waals surface area (Å²) in [5.41, 5.74) is -1.36. The summed E-state index contributed by atoms with van der Waals surface area (Å²) < 4.78 is 5.25. The first-order chi connectivity index (χ1) is 9.73. The number of carboxylic acids is 1. The van der Waals surface area contributed by atoms with Crippen molar-refractivity contribution in [3.8, 4) is 0 Å². The van der Waals surface area contributed by atoms with Gasteiger partial charge in [0.15, 0.2) is 0 Å². The van der Waals surface area contributed by atoms with Crippen LogP contribution in [0.1, 0.15) is 20.8 Å². The predicted molar refractivity (Wildman–Crippen MR) is 74.9 cm³/mol. The molecule has 0 aromatic heterocycles. The van der Waals surface area contributed by atoms with Crippen molar-refractivity contribution in [3.05, 3.63) is 0 Å². The molecule has 2 N–H and O–H groups in total. The minimum absolute atomic E-state index is 0.110. The molecule has 1 heterocycles. The lowest BCUT2D eigenvalue weighted by Crippen LogP contribution is -2.62. The topological polar surface area (TPSA) is 99.2 Å². The summed E-state index contributed by atoms with van der Waals surface area (Å²) in [6.45, 7) is 5.80. The Balaban J connectivity index is 2.91. The van der Waals surface area contributed by atoms with E-state index < -0.39 is 23.6 Å². The van der Waals surface area contributed by atoms with E-state index in [1.165, 1.54) is 25.8 Å². The maximum Gasteiger partial charge on any atom is 0.329 e. The molecule has 0 aliphatic carbocycles. The molecule has 0 aromatic carbocycles. The highest BCUT2D eigenvalue weighted by atomic mass is 16.5. The Kier molecular flexibility index (Phi) is 5.54. The van der Waals surface area contributed by atoms with E-state index in [4.69, 9.17) is 4.74 Å². The smallest absolute Gasteiger partial charge is 0.329 e. The SMILES string of the molecule is CCNC(=O)C1COCCN1C(=O)N(C)C(C)(C)C(=O)O. The van der Waals surface area contributed by atoms with Gasteiger partial charge in [0.25, 0.3) is 0 Å². The molecule has 21 heavy (non-hydrogen) atoms. The first-order valence-corrected chi connectivity index (χ1v) is 6.86. The van der Waals surface area contributed by atoms with Gasteiger partial charge in [0, 0.05) is 20.1 Å². The van der Waals surface area contributed by atoms with Crippen molar-refractivity contribution in [2.75, 3.05) is 33.4 Å². The molecule has 3 amide bonds. The molecule has 0 bridgehead atoms. The van der Waals surface area contributed by atoms with Crippen LogP contribution in [-0.4, -0.2) is 77.7 Å². The Morgan fingerprint density at radius 3 is 2.57 bits per heavy atom. The number of hydrogen-bond donors (Lipinski definition) is 2. The quantitative estimate of drug-likeness (QED) is 0.745. The standard InChI is InChI=1S/C13H23N3O5/c1-5-14-10(17)9-8-21-7-6-16(9)12(20)15(4)13(2,3)11(18)19/h9H,5-8H2,1-4H3,(H,14,17)(H,18,19). The zero-order valence-electron chi connectivity index (χ0n) is 12.9. The van der Waals surface area contributed by atoms with Crippen molar-refractivity contribution in [1.82, 2.24) is 15.1 Å². The number of hydrogen-bond acceptors (Lipinski definition) is 4.